The van der Waals surface area contributed by atoms with Crippen molar-refractivity contribution in [1.82, 2.24) is 4.57 Å². The first-order valence-corrected chi connectivity index (χ1v) is 6.35. The molecule has 1 heterocycles. The molecular weight excluding hydrogens is 240 g/mol. The Bertz CT molecular complexity index is 693. The first-order valence-electron chi connectivity index (χ1n) is 6.35. The van der Waals surface area contributed by atoms with E-state index in [0.29, 0.717) is 13.0 Å². The third kappa shape index (κ3) is 2.05. The molecule has 0 saturated carbocycles. The SMILES string of the molecule is O=[N+]([O-])CCCn1c2ccccc2c2ccccc21. The number of rotatable bonds is 4. The van der Waals surface area contributed by atoms with Crippen LogP contribution in [0, 0.1) is 10.1 Å². The molecule has 0 aliphatic rings. The lowest BCUT2D eigenvalue weighted by Gasteiger charge is -2.05. The average molecular weight is 254 g/mol. The third-order valence-corrected chi connectivity index (χ3v) is 3.40. The molecule has 96 valence electrons. The van der Waals surface area contributed by atoms with Gasteiger partial charge in [0.05, 0.1) is 0 Å². The molecule has 1 aromatic heterocycles. The maximum absolute atomic E-state index is 10.5. The molecule has 19 heavy (non-hydrogen) atoms. The minimum atomic E-state index is -0.256. The monoisotopic (exact) mass is 254 g/mol. The van der Waals surface area contributed by atoms with E-state index in [1.807, 2.05) is 24.3 Å². The van der Waals surface area contributed by atoms with Crippen LogP contribution in [0.1, 0.15) is 6.42 Å². The second-order valence-electron chi connectivity index (χ2n) is 4.60. The average Bonchev–Trinajstić information content (AvgIpc) is 2.74. The van der Waals surface area contributed by atoms with Gasteiger partial charge in [-0.25, -0.2) is 0 Å². The highest BCUT2D eigenvalue weighted by molar-refractivity contribution is 6.07. The highest BCUT2D eigenvalue weighted by Crippen LogP contribution is 2.28. The van der Waals surface area contributed by atoms with Crippen LogP contribution in [0.2, 0.25) is 0 Å². The summed E-state index contributed by atoms with van der Waals surface area (Å²) < 4.78 is 2.17. The highest BCUT2D eigenvalue weighted by Gasteiger charge is 2.09. The second-order valence-corrected chi connectivity index (χ2v) is 4.60. The summed E-state index contributed by atoms with van der Waals surface area (Å²) in [5, 5.41) is 12.9. The van der Waals surface area contributed by atoms with E-state index in [9.17, 15) is 10.1 Å². The lowest BCUT2D eigenvalue weighted by Crippen LogP contribution is -2.06. The van der Waals surface area contributed by atoms with E-state index in [1.165, 1.54) is 10.8 Å². The van der Waals surface area contributed by atoms with Gasteiger partial charge >= 0.3 is 0 Å². The fourth-order valence-corrected chi connectivity index (χ4v) is 2.60. The zero-order chi connectivity index (χ0) is 13.2. The minimum absolute atomic E-state index is 0.0147. The summed E-state index contributed by atoms with van der Waals surface area (Å²) >= 11 is 0. The van der Waals surface area contributed by atoms with Gasteiger partial charge < -0.3 is 4.57 Å². The number of fused-ring (bicyclic) bond motifs is 3. The first-order chi connectivity index (χ1) is 9.27. The van der Waals surface area contributed by atoms with Crippen molar-refractivity contribution in [2.45, 2.75) is 13.0 Å². The number of nitrogens with zero attached hydrogens (tertiary/aromatic N) is 2. The Kier molecular flexibility index (Phi) is 2.91. The van der Waals surface area contributed by atoms with Crippen molar-refractivity contribution in [3.63, 3.8) is 0 Å². The predicted octanol–water partition coefficient (Wildman–Crippen LogP) is 3.46. The van der Waals surface area contributed by atoms with Gasteiger partial charge in [-0.05, 0) is 12.1 Å². The van der Waals surface area contributed by atoms with Crippen molar-refractivity contribution in [3.05, 3.63) is 58.6 Å². The van der Waals surface area contributed by atoms with Crippen LogP contribution < -0.4 is 0 Å². The summed E-state index contributed by atoms with van der Waals surface area (Å²) in [6.07, 6.45) is 0.551. The van der Waals surface area contributed by atoms with Gasteiger partial charge in [-0.3, -0.25) is 10.1 Å². The smallest absolute Gasteiger partial charge is 0.205 e. The molecule has 4 heteroatoms. The Labute approximate surface area is 110 Å². The van der Waals surface area contributed by atoms with Gasteiger partial charge in [0.2, 0.25) is 6.54 Å². The van der Waals surface area contributed by atoms with Crippen molar-refractivity contribution >= 4 is 21.8 Å². The molecule has 0 spiro atoms. The van der Waals surface area contributed by atoms with E-state index in [1.54, 1.807) is 0 Å². The number of aromatic nitrogens is 1. The summed E-state index contributed by atoms with van der Waals surface area (Å²) in [6, 6.07) is 16.4. The van der Waals surface area contributed by atoms with E-state index >= 15 is 0 Å². The van der Waals surface area contributed by atoms with E-state index < -0.39 is 0 Å². The van der Waals surface area contributed by atoms with Gasteiger partial charge in [-0.1, -0.05) is 36.4 Å². The van der Waals surface area contributed by atoms with Gasteiger partial charge in [0.25, 0.3) is 0 Å². The summed E-state index contributed by atoms with van der Waals surface area (Å²) in [7, 11) is 0. The number of para-hydroxylation sites is 2. The highest BCUT2D eigenvalue weighted by atomic mass is 16.6. The molecule has 0 bridgehead atoms. The topological polar surface area (TPSA) is 48.1 Å². The number of aryl methyl sites for hydroxylation is 1. The van der Waals surface area contributed by atoms with Gasteiger partial charge in [0, 0.05) is 39.7 Å². The molecule has 0 radical (unpaired) electrons. The van der Waals surface area contributed by atoms with E-state index in [-0.39, 0.29) is 11.5 Å². The predicted molar refractivity (Wildman–Crippen MR) is 75.9 cm³/mol. The van der Waals surface area contributed by atoms with Gasteiger partial charge in [-0.15, -0.1) is 0 Å². The Balaban J connectivity index is 2.11. The standard InChI is InChI=1S/C15H14N2O2/c18-17(19)11-5-10-16-14-8-3-1-6-12(14)13-7-2-4-9-15(13)16/h1-4,6-9H,5,10-11H2. The number of hydrogen-bond donors (Lipinski definition) is 0. The van der Waals surface area contributed by atoms with Crippen LogP contribution in [0.5, 0.6) is 0 Å². The zero-order valence-corrected chi connectivity index (χ0v) is 10.5. The Morgan fingerprint density at radius 1 is 0.947 bits per heavy atom. The van der Waals surface area contributed by atoms with Crippen LogP contribution >= 0.6 is 0 Å². The molecule has 3 aromatic rings. The fraction of sp³-hybridized carbons (Fsp3) is 0.200. The van der Waals surface area contributed by atoms with Crippen molar-refractivity contribution in [3.8, 4) is 0 Å². The van der Waals surface area contributed by atoms with Crippen LogP contribution in [0.3, 0.4) is 0 Å². The maximum atomic E-state index is 10.5. The molecule has 0 N–H and O–H groups in total. The van der Waals surface area contributed by atoms with Gasteiger partial charge in [0.1, 0.15) is 0 Å². The number of nitro groups is 1. The summed E-state index contributed by atoms with van der Waals surface area (Å²) in [6.45, 7) is 0.690. The van der Waals surface area contributed by atoms with Crippen molar-refractivity contribution < 1.29 is 4.92 Å². The van der Waals surface area contributed by atoms with Gasteiger partial charge in [0.15, 0.2) is 0 Å². The van der Waals surface area contributed by atoms with Crippen LogP contribution in [0.4, 0.5) is 0 Å². The minimum Gasteiger partial charge on any atom is -0.340 e. The largest absolute Gasteiger partial charge is 0.340 e. The Hall–Kier alpha value is -2.36. The fourth-order valence-electron chi connectivity index (χ4n) is 2.60. The van der Waals surface area contributed by atoms with E-state index in [0.717, 1.165) is 11.0 Å². The molecule has 0 aliphatic carbocycles. The van der Waals surface area contributed by atoms with Crippen LogP contribution in [0.15, 0.2) is 48.5 Å². The van der Waals surface area contributed by atoms with Crippen molar-refractivity contribution in [2.24, 2.45) is 0 Å². The number of benzene rings is 2. The molecule has 0 aliphatic heterocycles. The van der Waals surface area contributed by atoms with E-state index in [4.69, 9.17) is 0 Å². The van der Waals surface area contributed by atoms with Crippen molar-refractivity contribution in [2.75, 3.05) is 6.54 Å². The second kappa shape index (κ2) is 4.72. The molecule has 0 atom stereocenters. The summed E-state index contributed by atoms with van der Waals surface area (Å²) in [5.41, 5.74) is 2.29. The summed E-state index contributed by atoms with van der Waals surface area (Å²) in [4.78, 5) is 10.2. The molecule has 0 saturated heterocycles. The Morgan fingerprint density at radius 2 is 1.47 bits per heavy atom. The molecule has 0 amide bonds. The summed E-state index contributed by atoms with van der Waals surface area (Å²) in [5.74, 6) is 0. The Morgan fingerprint density at radius 3 is 2.00 bits per heavy atom. The van der Waals surface area contributed by atoms with Gasteiger partial charge in [-0.2, -0.15) is 0 Å². The molecule has 0 unspecified atom stereocenters. The lowest BCUT2D eigenvalue weighted by molar-refractivity contribution is -0.480. The van der Waals surface area contributed by atoms with E-state index in [2.05, 4.69) is 28.8 Å². The first kappa shape index (κ1) is 11.7. The number of hydrogen-bond acceptors (Lipinski definition) is 2. The van der Waals surface area contributed by atoms with Crippen LogP contribution in [-0.2, 0) is 6.54 Å². The third-order valence-electron chi connectivity index (χ3n) is 3.40. The normalized spacial score (nSPS) is 11.2. The maximum Gasteiger partial charge on any atom is 0.205 e. The molecule has 0 fully saturated rings. The van der Waals surface area contributed by atoms with Crippen LogP contribution in [0.25, 0.3) is 21.8 Å². The quantitative estimate of drug-likeness (QED) is 0.528. The zero-order valence-electron chi connectivity index (χ0n) is 10.5. The molecule has 3 rings (SSSR count). The molecule has 4 nitrogen and oxygen atoms in total. The molecular formula is C15H14N2O2. The molecule has 2 aromatic carbocycles. The van der Waals surface area contributed by atoms with Crippen molar-refractivity contribution in [1.29, 1.82) is 0 Å². The van der Waals surface area contributed by atoms with Crippen LogP contribution in [-0.4, -0.2) is 16.0 Å². The lowest BCUT2D eigenvalue weighted by atomic mass is 10.2.